The number of fused-ring (bicyclic) bond motifs is 2. The Bertz CT molecular complexity index is 1410. The first-order chi connectivity index (χ1) is 18.1. The monoisotopic (exact) mass is 559 g/mol. The highest BCUT2D eigenvalue weighted by Crippen LogP contribution is 2.34. The van der Waals surface area contributed by atoms with Gasteiger partial charge in [0.15, 0.2) is 0 Å². The Morgan fingerprint density at radius 3 is 2.49 bits per heavy atom. The number of ether oxygens (including phenoxy) is 1. The average Bonchev–Trinajstić information content (AvgIpc) is 3.58. The third kappa shape index (κ3) is 4.83. The lowest BCUT2D eigenvalue weighted by atomic mass is 10.0. The van der Waals surface area contributed by atoms with Crippen LogP contribution in [0, 0.1) is 11.8 Å². The van der Waals surface area contributed by atoms with Gasteiger partial charge in [-0.05, 0) is 55.2 Å². The van der Waals surface area contributed by atoms with Crippen molar-refractivity contribution in [2.75, 3.05) is 38.1 Å². The van der Waals surface area contributed by atoms with E-state index in [0.717, 1.165) is 59.8 Å². The van der Waals surface area contributed by atoms with Gasteiger partial charge in [0.1, 0.15) is 11.4 Å². The predicted octanol–water partition coefficient (Wildman–Crippen LogP) is 5.76. The molecule has 7 nitrogen and oxygen atoms in total. The van der Waals surface area contributed by atoms with Gasteiger partial charge in [-0.1, -0.05) is 46.3 Å². The fourth-order valence-electron chi connectivity index (χ4n) is 5.68. The molecule has 0 saturated carbocycles. The molecule has 2 aliphatic rings. The van der Waals surface area contributed by atoms with E-state index in [0.29, 0.717) is 24.2 Å². The molecule has 4 heterocycles. The van der Waals surface area contributed by atoms with Crippen molar-refractivity contribution in [3.05, 3.63) is 83.1 Å². The summed E-state index contributed by atoms with van der Waals surface area (Å²) in [5.41, 5.74) is 5.05. The molecule has 2 amide bonds. The van der Waals surface area contributed by atoms with E-state index < -0.39 is 0 Å². The van der Waals surface area contributed by atoms with E-state index in [9.17, 15) is 4.79 Å². The number of halogens is 1. The number of imidazole rings is 1. The summed E-state index contributed by atoms with van der Waals surface area (Å²) in [5.74, 6) is 1.66. The van der Waals surface area contributed by atoms with Crippen molar-refractivity contribution in [2.45, 2.75) is 13.5 Å². The second-order valence-electron chi connectivity index (χ2n) is 9.82. The second kappa shape index (κ2) is 10.2. The number of nitrogens with zero attached hydrogens (tertiary/aromatic N) is 4. The second-order valence-corrected chi connectivity index (χ2v) is 10.7. The van der Waals surface area contributed by atoms with Crippen LogP contribution >= 0.6 is 15.9 Å². The molecule has 2 aromatic heterocycles. The van der Waals surface area contributed by atoms with E-state index in [-0.39, 0.29) is 6.03 Å². The number of rotatable bonds is 6. The maximum atomic E-state index is 13.0. The summed E-state index contributed by atoms with van der Waals surface area (Å²) >= 11 is 3.54. The van der Waals surface area contributed by atoms with Crippen molar-refractivity contribution in [1.82, 2.24) is 19.2 Å². The lowest BCUT2D eigenvalue weighted by Crippen LogP contribution is -2.36. The molecule has 1 N–H and O–H groups in total. The number of para-hydroxylation sites is 2. The van der Waals surface area contributed by atoms with Gasteiger partial charge in [-0.3, -0.25) is 4.90 Å². The summed E-state index contributed by atoms with van der Waals surface area (Å²) in [6.45, 7) is 6.84. The zero-order valence-corrected chi connectivity index (χ0v) is 22.4. The van der Waals surface area contributed by atoms with Gasteiger partial charge in [0, 0.05) is 49.0 Å². The molecule has 0 bridgehead atoms. The highest BCUT2D eigenvalue weighted by molar-refractivity contribution is 9.10. The third-order valence-corrected chi connectivity index (χ3v) is 7.93. The van der Waals surface area contributed by atoms with Crippen molar-refractivity contribution < 1.29 is 9.53 Å². The van der Waals surface area contributed by atoms with E-state index in [1.165, 1.54) is 5.69 Å². The number of urea groups is 1. The molecule has 2 atom stereocenters. The Hall–Kier alpha value is -3.36. The minimum absolute atomic E-state index is 0.0487. The Morgan fingerprint density at radius 1 is 1.00 bits per heavy atom. The third-order valence-electron chi connectivity index (χ3n) is 7.40. The molecule has 6 rings (SSSR count). The van der Waals surface area contributed by atoms with Crippen LogP contribution in [0.2, 0.25) is 0 Å². The number of nitrogens with one attached hydrogen (secondary N) is 1. The Morgan fingerprint density at radius 2 is 1.73 bits per heavy atom. The van der Waals surface area contributed by atoms with E-state index in [1.807, 2.05) is 42.2 Å². The smallest absolute Gasteiger partial charge is 0.321 e. The summed E-state index contributed by atoms with van der Waals surface area (Å²) < 4.78 is 8.94. The number of anilines is 1. The number of aromatic nitrogens is 2. The first kappa shape index (κ1) is 24.0. The zero-order chi connectivity index (χ0) is 25.4. The number of pyridine rings is 1. The normalized spacial score (nSPS) is 19.4. The fraction of sp³-hybridized carbons (Fsp3) is 0.310. The molecule has 2 fully saturated rings. The molecule has 0 radical (unpaired) electrons. The number of benzene rings is 2. The predicted molar refractivity (Wildman–Crippen MR) is 149 cm³/mol. The van der Waals surface area contributed by atoms with Gasteiger partial charge in [0.25, 0.3) is 0 Å². The molecule has 190 valence electrons. The Balaban J connectivity index is 1.14. The summed E-state index contributed by atoms with van der Waals surface area (Å²) in [7, 11) is 0. The highest BCUT2D eigenvalue weighted by atomic mass is 79.9. The van der Waals surface area contributed by atoms with Crippen LogP contribution in [0.5, 0.6) is 5.75 Å². The molecule has 37 heavy (non-hydrogen) atoms. The lowest BCUT2D eigenvalue weighted by molar-refractivity contribution is 0.211. The molecule has 0 spiro atoms. The summed E-state index contributed by atoms with van der Waals surface area (Å²) in [6, 6.07) is 22.1. The first-order valence-electron chi connectivity index (χ1n) is 12.8. The fourth-order valence-corrected chi connectivity index (χ4v) is 5.94. The van der Waals surface area contributed by atoms with Crippen LogP contribution in [0.15, 0.2) is 77.4 Å². The average molecular weight is 560 g/mol. The maximum absolute atomic E-state index is 13.0. The Kier molecular flexibility index (Phi) is 6.61. The molecule has 2 aromatic carbocycles. The van der Waals surface area contributed by atoms with Crippen molar-refractivity contribution in [1.29, 1.82) is 0 Å². The van der Waals surface area contributed by atoms with Crippen LogP contribution in [0.4, 0.5) is 10.5 Å². The van der Waals surface area contributed by atoms with Gasteiger partial charge in [-0.2, -0.15) is 0 Å². The lowest BCUT2D eigenvalue weighted by Gasteiger charge is -2.22. The van der Waals surface area contributed by atoms with Gasteiger partial charge in [-0.25, -0.2) is 9.78 Å². The van der Waals surface area contributed by atoms with Gasteiger partial charge in [-0.15, -0.1) is 0 Å². The molecule has 2 aliphatic heterocycles. The first-order valence-corrected chi connectivity index (χ1v) is 13.6. The van der Waals surface area contributed by atoms with E-state index in [1.54, 1.807) is 0 Å². The summed E-state index contributed by atoms with van der Waals surface area (Å²) in [6.07, 6.45) is 2.10. The van der Waals surface area contributed by atoms with Crippen molar-refractivity contribution >= 4 is 33.3 Å². The minimum Gasteiger partial charge on any atom is -0.492 e. The van der Waals surface area contributed by atoms with Gasteiger partial charge < -0.3 is 19.4 Å². The van der Waals surface area contributed by atoms with E-state index in [2.05, 4.69) is 73.1 Å². The van der Waals surface area contributed by atoms with Gasteiger partial charge in [0.2, 0.25) is 0 Å². The molecule has 2 saturated heterocycles. The van der Waals surface area contributed by atoms with E-state index in [4.69, 9.17) is 9.72 Å². The molecular formula is C29H30BrN5O2. The maximum Gasteiger partial charge on any atom is 0.321 e. The Labute approximate surface area is 225 Å². The number of hydrogen-bond donors (Lipinski definition) is 1. The van der Waals surface area contributed by atoms with Crippen LogP contribution in [-0.2, 0) is 6.54 Å². The molecular weight excluding hydrogens is 530 g/mol. The molecule has 0 aliphatic carbocycles. The van der Waals surface area contributed by atoms with Crippen molar-refractivity contribution in [3.63, 3.8) is 0 Å². The summed E-state index contributed by atoms with van der Waals surface area (Å²) in [4.78, 5) is 22.5. The zero-order valence-electron chi connectivity index (χ0n) is 20.8. The largest absolute Gasteiger partial charge is 0.492 e. The van der Waals surface area contributed by atoms with Gasteiger partial charge >= 0.3 is 6.03 Å². The van der Waals surface area contributed by atoms with Crippen LogP contribution in [-0.4, -0.2) is 58.0 Å². The minimum atomic E-state index is -0.0487. The highest BCUT2D eigenvalue weighted by Gasteiger charge is 2.42. The van der Waals surface area contributed by atoms with Crippen molar-refractivity contribution in [3.8, 4) is 17.0 Å². The number of likely N-dealkylation sites (tertiary alicyclic amines) is 2. The standard InChI is InChI=1S/C29H30BrN5O2/c1-2-37-26-8-4-3-7-24(26)31-29(36)34-17-21-15-33(16-22(21)18-34)19-25-28(20-10-12-23(30)13-11-20)32-27-9-5-6-14-35(25)27/h3-14,21-22H,2,15-19H2,1H3,(H,31,36). The topological polar surface area (TPSA) is 62.1 Å². The number of carbonyl (C=O) groups excluding carboxylic acids is 1. The summed E-state index contributed by atoms with van der Waals surface area (Å²) in [5, 5.41) is 3.06. The number of carbonyl (C=O) groups is 1. The van der Waals surface area contributed by atoms with E-state index >= 15 is 0 Å². The number of hydrogen-bond acceptors (Lipinski definition) is 4. The SMILES string of the molecule is CCOc1ccccc1NC(=O)N1CC2CN(Cc3c(-c4ccc(Br)cc4)nc4ccccn34)CC2C1. The van der Waals surface area contributed by atoms with Crippen LogP contribution in [0.1, 0.15) is 12.6 Å². The van der Waals surface area contributed by atoms with Crippen molar-refractivity contribution in [2.24, 2.45) is 11.8 Å². The van der Waals surface area contributed by atoms with Crippen LogP contribution < -0.4 is 10.1 Å². The molecule has 8 heteroatoms. The van der Waals surface area contributed by atoms with Crippen LogP contribution in [0.3, 0.4) is 0 Å². The number of amides is 2. The quantitative estimate of drug-likeness (QED) is 0.326. The van der Waals surface area contributed by atoms with Gasteiger partial charge in [0.05, 0.1) is 23.7 Å². The van der Waals surface area contributed by atoms with Crippen LogP contribution in [0.25, 0.3) is 16.9 Å². The molecule has 2 unspecified atom stereocenters. The molecule has 4 aromatic rings.